The molecule has 0 bridgehead atoms. The number of amides is 1. The number of aromatic nitrogens is 3. The molecule has 1 saturated carbocycles. The monoisotopic (exact) mass is 356 g/mol. The molecule has 1 unspecified atom stereocenters. The van der Waals surface area contributed by atoms with E-state index in [9.17, 15) is 4.79 Å². The molecule has 2 aliphatic rings. The molecule has 2 aromatic heterocycles. The summed E-state index contributed by atoms with van der Waals surface area (Å²) in [6, 6.07) is 3.37. The van der Waals surface area contributed by atoms with Gasteiger partial charge in [-0.15, -0.1) is 0 Å². The number of hydrogen-bond donors (Lipinski definition) is 0. The van der Waals surface area contributed by atoms with Gasteiger partial charge in [0.2, 0.25) is 5.88 Å². The molecule has 0 saturated heterocycles. The molecule has 0 spiro atoms. The van der Waals surface area contributed by atoms with E-state index in [2.05, 4.69) is 14.8 Å². The van der Waals surface area contributed by atoms with Gasteiger partial charge in [0.05, 0.1) is 31.6 Å². The van der Waals surface area contributed by atoms with Crippen LogP contribution in [0.3, 0.4) is 0 Å². The summed E-state index contributed by atoms with van der Waals surface area (Å²) in [5, 5.41) is 4.60. The largest absolute Gasteiger partial charge is 0.480 e. The first-order valence-electron chi connectivity index (χ1n) is 9.06. The van der Waals surface area contributed by atoms with Crippen molar-refractivity contribution in [3.05, 3.63) is 41.3 Å². The predicted molar refractivity (Wildman–Crippen MR) is 95.1 cm³/mol. The first kappa shape index (κ1) is 17.0. The zero-order chi connectivity index (χ0) is 18.1. The highest BCUT2D eigenvalue weighted by Crippen LogP contribution is 2.36. The first-order valence-corrected chi connectivity index (χ1v) is 9.06. The van der Waals surface area contributed by atoms with Gasteiger partial charge in [0.25, 0.3) is 5.91 Å². The molecule has 2 aromatic rings. The average molecular weight is 356 g/mol. The molecule has 138 valence electrons. The van der Waals surface area contributed by atoms with Crippen LogP contribution in [0.15, 0.2) is 24.5 Å². The van der Waals surface area contributed by atoms with Gasteiger partial charge in [0, 0.05) is 26.4 Å². The number of hydrogen-bond acceptors (Lipinski definition) is 5. The lowest BCUT2D eigenvalue weighted by atomic mass is 9.99. The van der Waals surface area contributed by atoms with Crippen LogP contribution >= 0.6 is 0 Å². The van der Waals surface area contributed by atoms with Crippen molar-refractivity contribution in [2.24, 2.45) is 5.92 Å². The molecule has 1 aliphatic carbocycles. The molecule has 4 rings (SSSR count). The number of pyridine rings is 1. The van der Waals surface area contributed by atoms with E-state index < -0.39 is 0 Å². The number of methoxy groups -OCH3 is 2. The number of nitrogens with zero attached hydrogens (tertiary/aromatic N) is 4. The Kier molecular flexibility index (Phi) is 4.63. The van der Waals surface area contributed by atoms with Crippen molar-refractivity contribution in [1.29, 1.82) is 0 Å². The summed E-state index contributed by atoms with van der Waals surface area (Å²) in [4.78, 5) is 19.3. The zero-order valence-corrected chi connectivity index (χ0v) is 15.2. The SMILES string of the molecule is COCC1c2c(cnn2CC2CC2)CCN1C(=O)c1cccnc1OC. The standard InChI is InChI=1S/C19H24N4O3/c1-25-12-16-17-14(10-21-23(17)11-13-5-6-13)7-9-22(16)19(24)15-4-3-8-20-18(15)26-2/h3-4,8,10,13,16H,5-7,9,11-12H2,1-2H3. The molecule has 1 amide bonds. The van der Waals surface area contributed by atoms with Gasteiger partial charge in [-0.3, -0.25) is 9.48 Å². The summed E-state index contributed by atoms with van der Waals surface area (Å²) in [5.41, 5.74) is 2.81. The third kappa shape index (κ3) is 3.07. The highest BCUT2D eigenvalue weighted by atomic mass is 16.5. The highest BCUT2D eigenvalue weighted by Gasteiger charge is 2.36. The first-order chi connectivity index (χ1) is 12.7. The van der Waals surface area contributed by atoms with E-state index in [1.807, 2.05) is 11.1 Å². The lowest BCUT2D eigenvalue weighted by Crippen LogP contribution is -2.43. The molecular formula is C19H24N4O3. The van der Waals surface area contributed by atoms with Gasteiger partial charge in [-0.05, 0) is 42.9 Å². The Balaban J connectivity index is 1.68. The van der Waals surface area contributed by atoms with Gasteiger partial charge in [-0.25, -0.2) is 4.98 Å². The molecule has 26 heavy (non-hydrogen) atoms. The third-order valence-corrected chi connectivity index (χ3v) is 5.18. The maximum atomic E-state index is 13.3. The highest BCUT2D eigenvalue weighted by molar-refractivity contribution is 5.96. The Morgan fingerprint density at radius 3 is 2.92 bits per heavy atom. The van der Waals surface area contributed by atoms with E-state index in [1.165, 1.54) is 25.5 Å². The lowest BCUT2D eigenvalue weighted by molar-refractivity contribution is 0.0478. The molecule has 1 aliphatic heterocycles. The zero-order valence-electron chi connectivity index (χ0n) is 15.2. The van der Waals surface area contributed by atoms with Crippen LogP contribution in [0.1, 0.15) is 40.5 Å². The fraction of sp³-hybridized carbons (Fsp3) is 0.526. The minimum atomic E-state index is -0.151. The number of carbonyl (C=O) groups is 1. The fourth-order valence-corrected chi connectivity index (χ4v) is 3.69. The quantitative estimate of drug-likeness (QED) is 0.793. The second kappa shape index (κ2) is 7.07. The summed E-state index contributed by atoms with van der Waals surface area (Å²) in [7, 11) is 3.20. The van der Waals surface area contributed by atoms with E-state index >= 15 is 0 Å². The Morgan fingerprint density at radius 2 is 2.19 bits per heavy atom. The van der Waals surface area contributed by atoms with Crippen molar-refractivity contribution < 1.29 is 14.3 Å². The molecule has 1 atom stereocenters. The molecule has 7 nitrogen and oxygen atoms in total. The maximum Gasteiger partial charge on any atom is 0.260 e. The van der Waals surface area contributed by atoms with Crippen LogP contribution in [0.2, 0.25) is 0 Å². The molecule has 7 heteroatoms. The van der Waals surface area contributed by atoms with Crippen molar-refractivity contribution in [1.82, 2.24) is 19.7 Å². The van der Waals surface area contributed by atoms with Gasteiger partial charge >= 0.3 is 0 Å². The fourth-order valence-electron chi connectivity index (χ4n) is 3.69. The Bertz CT molecular complexity index is 800. The summed E-state index contributed by atoms with van der Waals surface area (Å²) >= 11 is 0. The maximum absolute atomic E-state index is 13.3. The van der Waals surface area contributed by atoms with Gasteiger partial charge < -0.3 is 14.4 Å². The number of rotatable bonds is 6. The summed E-state index contributed by atoms with van der Waals surface area (Å²) in [5.74, 6) is 0.986. The van der Waals surface area contributed by atoms with Gasteiger partial charge in [0.15, 0.2) is 0 Å². The van der Waals surface area contributed by atoms with E-state index in [0.717, 1.165) is 18.7 Å². The van der Waals surface area contributed by atoms with Crippen molar-refractivity contribution in [3.8, 4) is 5.88 Å². The smallest absolute Gasteiger partial charge is 0.260 e. The number of ether oxygens (including phenoxy) is 2. The summed E-state index contributed by atoms with van der Waals surface area (Å²) in [6.45, 7) is 2.00. The lowest BCUT2D eigenvalue weighted by Gasteiger charge is -2.36. The molecule has 0 radical (unpaired) electrons. The van der Waals surface area contributed by atoms with Crippen molar-refractivity contribution >= 4 is 5.91 Å². The van der Waals surface area contributed by atoms with Crippen LogP contribution in [-0.4, -0.2) is 52.9 Å². The van der Waals surface area contributed by atoms with Crippen LogP contribution in [0, 0.1) is 5.92 Å². The van der Waals surface area contributed by atoms with E-state index in [-0.39, 0.29) is 11.9 Å². The molecule has 3 heterocycles. The number of carbonyl (C=O) groups excluding carboxylic acids is 1. The molecular weight excluding hydrogens is 332 g/mol. The minimum Gasteiger partial charge on any atom is -0.480 e. The second-order valence-corrected chi connectivity index (χ2v) is 6.96. The van der Waals surface area contributed by atoms with Gasteiger partial charge in [-0.2, -0.15) is 5.10 Å². The number of fused-ring (bicyclic) bond motifs is 1. The van der Waals surface area contributed by atoms with Crippen LogP contribution in [0.5, 0.6) is 5.88 Å². The van der Waals surface area contributed by atoms with Crippen molar-refractivity contribution in [2.75, 3.05) is 27.4 Å². The second-order valence-electron chi connectivity index (χ2n) is 6.96. The molecule has 1 fully saturated rings. The predicted octanol–water partition coefficient (Wildman–Crippen LogP) is 2.08. The Morgan fingerprint density at radius 1 is 1.35 bits per heavy atom. The van der Waals surface area contributed by atoms with E-state index in [0.29, 0.717) is 30.5 Å². The van der Waals surface area contributed by atoms with E-state index in [1.54, 1.807) is 25.4 Å². The summed E-state index contributed by atoms with van der Waals surface area (Å²) in [6.07, 6.45) is 6.90. The normalized spacial score (nSPS) is 19.3. The Hall–Kier alpha value is -2.41. The molecule has 0 aromatic carbocycles. The van der Waals surface area contributed by atoms with Crippen LogP contribution in [0.25, 0.3) is 0 Å². The topological polar surface area (TPSA) is 69.5 Å². The third-order valence-electron chi connectivity index (χ3n) is 5.18. The Labute approximate surface area is 152 Å². The van der Waals surface area contributed by atoms with Crippen LogP contribution in [0.4, 0.5) is 0 Å². The van der Waals surface area contributed by atoms with Crippen LogP contribution in [-0.2, 0) is 17.7 Å². The summed E-state index contributed by atoms with van der Waals surface area (Å²) < 4.78 is 12.8. The molecule has 0 N–H and O–H groups in total. The van der Waals surface area contributed by atoms with Gasteiger partial charge in [-0.1, -0.05) is 0 Å². The van der Waals surface area contributed by atoms with E-state index in [4.69, 9.17) is 9.47 Å². The van der Waals surface area contributed by atoms with Crippen molar-refractivity contribution in [3.63, 3.8) is 0 Å². The van der Waals surface area contributed by atoms with Crippen LogP contribution < -0.4 is 4.74 Å². The van der Waals surface area contributed by atoms with Crippen molar-refractivity contribution in [2.45, 2.75) is 31.8 Å². The minimum absolute atomic E-state index is 0.0816. The average Bonchev–Trinajstić information content (AvgIpc) is 3.40. The van der Waals surface area contributed by atoms with Gasteiger partial charge in [0.1, 0.15) is 5.56 Å².